The number of aromatic nitrogens is 2. The van der Waals surface area contributed by atoms with Gasteiger partial charge in [0.25, 0.3) is 0 Å². The number of amides is 1. The number of carbonyl (C=O) groups excluding carboxylic acids is 1. The molecule has 1 heterocycles. The summed E-state index contributed by atoms with van der Waals surface area (Å²) in [6.45, 7) is 5.04. The van der Waals surface area contributed by atoms with Gasteiger partial charge in [-0.1, -0.05) is 60.7 Å². The molecule has 1 saturated carbocycles. The van der Waals surface area contributed by atoms with E-state index in [1.165, 1.54) is 11.1 Å². The molecule has 0 spiro atoms. The fourth-order valence-corrected chi connectivity index (χ4v) is 5.17. The molecular formula is C30H34N6O. The van der Waals surface area contributed by atoms with Crippen molar-refractivity contribution in [3.8, 4) is 6.07 Å². The summed E-state index contributed by atoms with van der Waals surface area (Å²) in [6, 6.07) is 22.8. The largest absolute Gasteiger partial charge is 0.367 e. The number of benzene rings is 2. The number of nitrogens with zero attached hydrogens (tertiary/aromatic N) is 4. The van der Waals surface area contributed by atoms with Crippen LogP contribution >= 0.6 is 0 Å². The third-order valence-corrected chi connectivity index (χ3v) is 6.94. The molecule has 1 aliphatic rings. The van der Waals surface area contributed by atoms with Crippen molar-refractivity contribution >= 4 is 23.6 Å². The first kappa shape index (κ1) is 26.0. The summed E-state index contributed by atoms with van der Waals surface area (Å²) in [5.41, 5.74) is 3.81. The summed E-state index contributed by atoms with van der Waals surface area (Å²) in [5.74, 6) is 1.27. The Labute approximate surface area is 219 Å². The first-order valence-electron chi connectivity index (χ1n) is 13.0. The van der Waals surface area contributed by atoms with E-state index in [1.54, 1.807) is 6.21 Å². The molecule has 4 rings (SSSR count). The van der Waals surface area contributed by atoms with Crippen LogP contribution in [-0.2, 0) is 11.2 Å². The van der Waals surface area contributed by atoms with Crippen LogP contribution in [0.15, 0.2) is 65.7 Å². The van der Waals surface area contributed by atoms with E-state index in [4.69, 9.17) is 0 Å². The molecule has 2 unspecified atom stereocenters. The molecular weight excluding hydrogens is 460 g/mol. The molecule has 2 aromatic carbocycles. The van der Waals surface area contributed by atoms with Gasteiger partial charge < -0.3 is 10.6 Å². The molecule has 0 saturated heterocycles. The van der Waals surface area contributed by atoms with Crippen LogP contribution < -0.4 is 10.6 Å². The number of aliphatic imine (C=N–C) groups is 1. The van der Waals surface area contributed by atoms with Gasteiger partial charge in [0.05, 0.1) is 5.69 Å². The van der Waals surface area contributed by atoms with E-state index in [9.17, 15) is 10.1 Å². The standard InChI is InChI=1S/C30H34N6O/c1-3-32-28-26(18-21-15-16-24(17-21)30(37)33-4-2)35-27(19-31)36-29(28)34-20-25(22-11-7-5-8-12-22)23-13-9-6-10-14-23/h3,5-14,21,24-25H,4,15-18,20H2,1-2H3,(H,33,37)(H,34,35,36). The van der Waals surface area contributed by atoms with Gasteiger partial charge in [0.2, 0.25) is 11.7 Å². The second kappa shape index (κ2) is 12.8. The lowest BCUT2D eigenvalue weighted by molar-refractivity contribution is -0.124. The fourth-order valence-electron chi connectivity index (χ4n) is 5.17. The van der Waals surface area contributed by atoms with Crippen molar-refractivity contribution in [2.24, 2.45) is 16.8 Å². The molecule has 1 aromatic heterocycles. The van der Waals surface area contributed by atoms with Crippen molar-refractivity contribution in [1.29, 1.82) is 5.26 Å². The Hall–Kier alpha value is -4.05. The van der Waals surface area contributed by atoms with Crippen LogP contribution in [0.4, 0.5) is 11.5 Å². The highest BCUT2D eigenvalue weighted by molar-refractivity contribution is 5.78. The molecule has 1 aliphatic carbocycles. The molecule has 7 heteroatoms. The Morgan fingerprint density at radius 3 is 2.38 bits per heavy atom. The van der Waals surface area contributed by atoms with Crippen LogP contribution in [0.2, 0.25) is 0 Å². The van der Waals surface area contributed by atoms with Gasteiger partial charge in [-0.05, 0) is 56.6 Å². The van der Waals surface area contributed by atoms with E-state index in [2.05, 4.69) is 55.9 Å². The van der Waals surface area contributed by atoms with Crippen LogP contribution in [-0.4, -0.2) is 35.2 Å². The number of anilines is 1. The zero-order valence-electron chi connectivity index (χ0n) is 21.5. The van der Waals surface area contributed by atoms with Gasteiger partial charge >= 0.3 is 0 Å². The molecule has 2 N–H and O–H groups in total. The molecule has 3 aromatic rings. The van der Waals surface area contributed by atoms with Crippen molar-refractivity contribution in [3.05, 3.63) is 83.3 Å². The molecule has 37 heavy (non-hydrogen) atoms. The number of hydrogen-bond donors (Lipinski definition) is 2. The smallest absolute Gasteiger partial charge is 0.234 e. The minimum atomic E-state index is 0.0375. The summed E-state index contributed by atoms with van der Waals surface area (Å²) < 4.78 is 0. The van der Waals surface area contributed by atoms with E-state index in [0.717, 1.165) is 25.0 Å². The Bertz CT molecular complexity index is 1210. The van der Waals surface area contributed by atoms with Gasteiger partial charge in [0, 0.05) is 31.1 Å². The Kier molecular flexibility index (Phi) is 8.98. The van der Waals surface area contributed by atoms with Gasteiger partial charge in [0.1, 0.15) is 11.8 Å². The topological polar surface area (TPSA) is 103 Å². The number of nitrogens with one attached hydrogen (secondary N) is 2. The highest BCUT2D eigenvalue weighted by atomic mass is 16.1. The van der Waals surface area contributed by atoms with Crippen molar-refractivity contribution in [1.82, 2.24) is 15.3 Å². The molecule has 0 aliphatic heterocycles. The van der Waals surface area contributed by atoms with Crippen molar-refractivity contribution in [2.45, 2.75) is 45.4 Å². The maximum absolute atomic E-state index is 12.3. The van der Waals surface area contributed by atoms with E-state index < -0.39 is 0 Å². The Balaban J connectivity index is 1.60. The molecule has 0 bridgehead atoms. The lowest BCUT2D eigenvalue weighted by Crippen LogP contribution is -2.29. The summed E-state index contributed by atoms with van der Waals surface area (Å²) in [7, 11) is 0. The normalized spacial score (nSPS) is 17.1. The fraction of sp³-hybridized carbons (Fsp3) is 0.367. The zero-order valence-corrected chi connectivity index (χ0v) is 21.5. The van der Waals surface area contributed by atoms with Crippen LogP contribution in [0, 0.1) is 23.2 Å². The first-order chi connectivity index (χ1) is 18.1. The number of hydrogen-bond acceptors (Lipinski definition) is 6. The van der Waals surface area contributed by atoms with Gasteiger partial charge in [-0.3, -0.25) is 9.79 Å². The van der Waals surface area contributed by atoms with Crippen molar-refractivity contribution in [3.63, 3.8) is 0 Å². The maximum Gasteiger partial charge on any atom is 0.234 e. The Morgan fingerprint density at radius 2 is 1.78 bits per heavy atom. The van der Waals surface area contributed by atoms with Crippen LogP contribution in [0.3, 0.4) is 0 Å². The quantitative estimate of drug-likeness (QED) is 0.367. The predicted octanol–water partition coefficient (Wildman–Crippen LogP) is 5.41. The van der Waals surface area contributed by atoms with E-state index >= 15 is 0 Å². The number of carbonyl (C=O) groups is 1. The average molecular weight is 495 g/mol. The average Bonchev–Trinajstić information content (AvgIpc) is 3.40. The van der Waals surface area contributed by atoms with Gasteiger partial charge in [0.15, 0.2) is 5.82 Å². The summed E-state index contributed by atoms with van der Waals surface area (Å²) in [5, 5.41) is 16.1. The predicted molar refractivity (Wildman–Crippen MR) is 147 cm³/mol. The summed E-state index contributed by atoms with van der Waals surface area (Å²) in [4.78, 5) is 26.0. The summed E-state index contributed by atoms with van der Waals surface area (Å²) in [6.07, 6.45) is 5.04. The SMILES string of the molecule is CC=Nc1c(CC2CCC(C(=O)NCC)C2)nc(C#N)nc1NCC(c1ccccc1)c1ccccc1. The minimum Gasteiger partial charge on any atom is -0.367 e. The highest BCUT2D eigenvalue weighted by Gasteiger charge is 2.31. The molecule has 0 radical (unpaired) electrons. The van der Waals surface area contributed by atoms with E-state index in [0.29, 0.717) is 36.9 Å². The molecule has 1 amide bonds. The van der Waals surface area contributed by atoms with Crippen LogP contribution in [0.5, 0.6) is 0 Å². The van der Waals surface area contributed by atoms with E-state index in [-0.39, 0.29) is 23.6 Å². The van der Waals surface area contributed by atoms with Crippen molar-refractivity contribution < 1.29 is 4.79 Å². The minimum absolute atomic E-state index is 0.0375. The second-order valence-electron chi connectivity index (χ2n) is 9.42. The van der Waals surface area contributed by atoms with Gasteiger partial charge in [-0.2, -0.15) is 10.2 Å². The van der Waals surface area contributed by atoms with Gasteiger partial charge in [-0.15, -0.1) is 0 Å². The summed E-state index contributed by atoms with van der Waals surface area (Å²) >= 11 is 0. The highest BCUT2D eigenvalue weighted by Crippen LogP contribution is 2.37. The number of nitriles is 1. The monoisotopic (exact) mass is 494 g/mol. The zero-order chi connectivity index (χ0) is 26.0. The Morgan fingerprint density at radius 1 is 1.11 bits per heavy atom. The maximum atomic E-state index is 12.3. The third-order valence-electron chi connectivity index (χ3n) is 6.94. The van der Waals surface area contributed by atoms with Crippen molar-refractivity contribution in [2.75, 3.05) is 18.4 Å². The second-order valence-corrected chi connectivity index (χ2v) is 9.42. The van der Waals surface area contributed by atoms with E-state index in [1.807, 2.05) is 50.2 Å². The van der Waals surface area contributed by atoms with Crippen LogP contribution in [0.25, 0.3) is 0 Å². The first-order valence-corrected chi connectivity index (χ1v) is 13.0. The molecule has 1 fully saturated rings. The lowest BCUT2D eigenvalue weighted by Gasteiger charge is -2.21. The van der Waals surface area contributed by atoms with Gasteiger partial charge in [-0.25, -0.2) is 4.98 Å². The lowest BCUT2D eigenvalue weighted by atomic mass is 9.91. The molecule has 2 atom stereocenters. The molecule has 190 valence electrons. The third kappa shape index (κ3) is 6.59. The number of rotatable bonds is 10. The molecule has 7 nitrogen and oxygen atoms in total. The van der Waals surface area contributed by atoms with Crippen LogP contribution in [0.1, 0.15) is 61.7 Å².